The largest absolute Gasteiger partial charge is 0.360 e. The average Bonchev–Trinajstić information content (AvgIpc) is 2.70. The van der Waals surface area contributed by atoms with Crippen molar-refractivity contribution in [2.75, 3.05) is 0 Å². The third-order valence-corrected chi connectivity index (χ3v) is 4.44. The van der Waals surface area contributed by atoms with E-state index in [9.17, 15) is 0 Å². The number of piperidine rings is 1. The van der Waals surface area contributed by atoms with Gasteiger partial charge in [-0.15, -0.1) is 0 Å². The van der Waals surface area contributed by atoms with Crippen LogP contribution in [0.1, 0.15) is 58.8 Å². The van der Waals surface area contributed by atoms with Crippen LogP contribution in [0.2, 0.25) is 0 Å². The molecular formula is C13H24N2S. The number of thiocarbonyl (C=S) groups is 1. The molecule has 2 unspecified atom stereocenters. The highest BCUT2D eigenvalue weighted by molar-refractivity contribution is 7.80. The molecule has 0 bridgehead atoms. The van der Waals surface area contributed by atoms with Gasteiger partial charge in [0.25, 0.3) is 0 Å². The Kier molecular flexibility index (Phi) is 4.06. The minimum atomic E-state index is 0.616. The number of hydrogen-bond acceptors (Lipinski definition) is 1. The first kappa shape index (κ1) is 12.2. The number of likely N-dealkylation sites (tertiary alicyclic amines) is 1. The van der Waals surface area contributed by atoms with Crippen LogP contribution in [0.3, 0.4) is 0 Å². The molecule has 0 aromatic heterocycles. The third kappa shape index (κ3) is 2.68. The lowest BCUT2D eigenvalue weighted by Gasteiger charge is -2.41. The van der Waals surface area contributed by atoms with E-state index in [1.165, 1.54) is 44.9 Å². The van der Waals surface area contributed by atoms with Crippen molar-refractivity contribution in [1.29, 1.82) is 0 Å². The minimum Gasteiger partial charge on any atom is -0.360 e. The Morgan fingerprint density at radius 2 is 1.56 bits per heavy atom. The van der Waals surface area contributed by atoms with Crippen LogP contribution in [0.5, 0.6) is 0 Å². The Bertz CT molecular complexity index is 238. The maximum absolute atomic E-state index is 5.58. The summed E-state index contributed by atoms with van der Waals surface area (Å²) in [4.78, 5) is 2.43. The van der Waals surface area contributed by atoms with Crippen LogP contribution in [-0.2, 0) is 0 Å². The van der Waals surface area contributed by atoms with Gasteiger partial charge in [0.2, 0.25) is 0 Å². The van der Waals surface area contributed by atoms with E-state index in [0.29, 0.717) is 18.1 Å². The van der Waals surface area contributed by atoms with E-state index < -0.39 is 0 Å². The Morgan fingerprint density at radius 1 is 1.00 bits per heavy atom. The molecule has 1 N–H and O–H groups in total. The molecule has 1 heterocycles. The van der Waals surface area contributed by atoms with Crippen molar-refractivity contribution in [1.82, 2.24) is 10.2 Å². The van der Waals surface area contributed by atoms with Gasteiger partial charge in [-0.05, 0) is 58.2 Å². The molecular weight excluding hydrogens is 216 g/mol. The molecule has 2 fully saturated rings. The Morgan fingerprint density at radius 3 is 2.12 bits per heavy atom. The van der Waals surface area contributed by atoms with Crippen LogP contribution in [0.25, 0.3) is 0 Å². The molecule has 2 nitrogen and oxygen atoms in total. The first-order valence-electron chi connectivity index (χ1n) is 6.77. The van der Waals surface area contributed by atoms with Crippen LogP contribution >= 0.6 is 12.2 Å². The number of nitrogens with one attached hydrogen (secondary N) is 1. The summed E-state index contributed by atoms with van der Waals surface area (Å²) in [5.74, 6) is 0. The van der Waals surface area contributed by atoms with Crippen LogP contribution < -0.4 is 5.32 Å². The molecule has 0 spiro atoms. The molecule has 1 saturated heterocycles. The normalized spacial score (nSPS) is 31.8. The molecule has 92 valence electrons. The molecule has 1 aliphatic carbocycles. The highest BCUT2D eigenvalue weighted by atomic mass is 32.1. The molecule has 16 heavy (non-hydrogen) atoms. The standard InChI is InChI=1S/C13H24N2S/c1-10-6-5-7-11(2)15(10)13(16)14-12-8-3-4-9-12/h10-12H,3-9H2,1-2H3,(H,14,16). The second-order valence-corrected chi connectivity index (χ2v) is 5.85. The van der Waals surface area contributed by atoms with E-state index in [4.69, 9.17) is 12.2 Å². The van der Waals surface area contributed by atoms with E-state index in [-0.39, 0.29) is 0 Å². The van der Waals surface area contributed by atoms with Crippen molar-refractivity contribution in [2.45, 2.75) is 76.9 Å². The van der Waals surface area contributed by atoms with E-state index in [2.05, 4.69) is 24.1 Å². The predicted molar refractivity (Wildman–Crippen MR) is 72.6 cm³/mol. The zero-order valence-corrected chi connectivity index (χ0v) is 11.4. The summed E-state index contributed by atoms with van der Waals surface area (Å²) in [6.07, 6.45) is 9.27. The first-order chi connectivity index (χ1) is 7.68. The van der Waals surface area contributed by atoms with Crippen molar-refractivity contribution >= 4 is 17.3 Å². The molecule has 0 aromatic carbocycles. The molecule has 3 heteroatoms. The Hall–Kier alpha value is -0.310. The van der Waals surface area contributed by atoms with Crippen molar-refractivity contribution in [2.24, 2.45) is 0 Å². The predicted octanol–water partition coefficient (Wildman–Crippen LogP) is 3.07. The molecule has 1 aliphatic heterocycles. The van der Waals surface area contributed by atoms with Gasteiger partial charge in [-0.25, -0.2) is 0 Å². The molecule has 2 aliphatic rings. The summed E-state index contributed by atoms with van der Waals surface area (Å²) in [7, 11) is 0. The van der Waals surface area contributed by atoms with Crippen LogP contribution in [0.4, 0.5) is 0 Å². The lowest BCUT2D eigenvalue weighted by Crippen LogP contribution is -2.53. The zero-order chi connectivity index (χ0) is 11.5. The molecule has 0 aromatic rings. The maximum atomic E-state index is 5.58. The minimum absolute atomic E-state index is 0.616. The SMILES string of the molecule is CC1CCCC(C)N1C(=S)NC1CCCC1. The van der Waals surface area contributed by atoms with Crippen molar-refractivity contribution in [3.05, 3.63) is 0 Å². The third-order valence-electron chi connectivity index (χ3n) is 4.11. The molecule has 0 amide bonds. The monoisotopic (exact) mass is 240 g/mol. The molecule has 0 radical (unpaired) electrons. The van der Waals surface area contributed by atoms with Crippen molar-refractivity contribution < 1.29 is 0 Å². The summed E-state index contributed by atoms with van der Waals surface area (Å²) in [5.41, 5.74) is 0. The highest BCUT2D eigenvalue weighted by Gasteiger charge is 2.28. The fourth-order valence-electron chi connectivity index (χ4n) is 3.14. The smallest absolute Gasteiger partial charge is 0.169 e. The van der Waals surface area contributed by atoms with Gasteiger partial charge in [0.05, 0.1) is 0 Å². The molecule has 1 saturated carbocycles. The van der Waals surface area contributed by atoms with Gasteiger partial charge in [0.1, 0.15) is 0 Å². The maximum Gasteiger partial charge on any atom is 0.169 e. The van der Waals surface area contributed by atoms with Crippen LogP contribution in [0, 0.1) is 0 Å². The van der Waals surface area contributed by atoms with Gasteiger partial charge in [0, 0.05) is 18.1 Å². The quantitative estimate of drug-likeness (QED) is 0.709. The zero-order valence-electron chi connectivity index (χ0n) is 10.5. The second kappa shape index (κ2) is 5.35. The van der Waals surface area contributed by atoms with Crippen LogP contribution in [0.15, 0.2) is 0 Å². The van der Waals surface area contributed by atoms with Gasteiger partial charge < -0.3 is 10.2 Å². The van der Waals surface area contributed by atoms with Gasteiger partial charge in [-0.2, -0.15) is 0 Å². The summed E-state index contributed by atoms with van der Waals surface area (Å²) < 4.78 is 0. The highest BCUT2D eigenvalue weighted by Crippen LogP contribution is 2.24. The van der Waals surface area contributed by atoms with Gasteiger partial charge >= 0.3 is 0 Å². The lowest BCUT2D eigenvalue weighted by atomic mass is 9.98. The van der Waals surface area contributed by atoms with Crippen molar-refractivity contribution in [3.8, 4) is 0 Å². The number of rotatable bonds is 1. The Labute approximate surface area is 105 Å². The van der Waals surface area contributed by atoms with E-state index in [1.54, 1.807) is 0 Å². The fraction of sp³-hybridized carbons (Fsp3) is 0.923. The molecule has 2 rings (SSSR count). The van der Waals surface area contributed by atoms with Crippen molar-refractivity contribution in [3.63, 3.8) is 0 Å². The van der Waals surface area contributed by atoms with E-state index in [1.807, 2.05) is 0 Å². The topological polar surface area (TPSA) is 15.3 Å². The van der Waals surface area contributed by atoms with Gasteiger partial charge in [-0.3, -0.25) is 0 Å². The Balaban J connectivity index is 1.90. The molecule has 2 atom stereocenters. The fourth-order valence-corrected chi connectivity index (χ4v) is 3.67. The van der Waals surface area contributed by atoms with Gasteiger partial charge in [-0.1, -0.05) is 12.8 Å². The average molecular weight is 240 g/mol. The number of hydrogen-bond donors (Lipinski definition) is 1. The summed E-state index contributed by atoms with van der Waals surface area (Å²) in [6.45, 7) is 4.61. The first-order valence-corrected chi connectivity index (χ1v) is 7.18. The van der Waals surface area contributed by atoms with Crippen LogP contribution in [-0.4, -0.2) is 28.1 Å². The number of nitrogens with zero attached hydrogens (tertiary/aromatic N) is 1. The summed E-state index contributed by atoms with van der Waals surface area (Å²) >= 11 is 5.58. The summed E-state index contributed by atoms with van der Waals surface area (Å²) in [6, 6.07) is 1.88. The van der Waals surface area contributed by atoms with Gasteiger partial charge in [0.15, 0.2) is 5.11 Å². The second-order valence-electron chi connectivity index (χ2n) is 5.47. The summed E-state index contributed by atoms with van der Waals surface area (Å²) in [5, 5.41) is 4.57. The van der Waals surface area contributed by atoms with E-state index in [0.717, 1.165) is 5.11 Å². The lowest BCUT2D eigenvalue weighted by molar-refractivity contribution is 0.188. The van der Waals surface area contributed by atoms with E-state index >= 15 is 0 Å².